The number of nitrogens with zero attached hydrogens (tertiary/aromatic N) is 2. The fourth-order valence-corrected chi connectivity index (χ4v) is 5.75. The van der Waals surface area contributed by atoms with Crippen LogP contribution < -0.4 is 15.2 Å². The number of carbonyl (C=O) groups excluding carboxylic acids is 2. The van der Waals surface area contributed by atoms with Gasteiger partial charge in [-0.1, -0.05) is 44.2 Å². The van der Waals surface area contributed by atoms with Gasteiger partial charge < -0.3 is 4.74 Å². The van der Waals surface area contributed by atoms with Crippen molar-refractivity contribution in [3.63, 3.8) is 0 Å². The molecule has 1 amide bonds. The maximum atomic E-state index is 15.5. The summed E-state index contributed by atoms with van der Waals surface area (Å²) in [7, 11) is 1.34. The SMILES string of the molecule is COc1ccccc1N1C(=O)C(c2c(C)[nH]n(-c3ccccc3)c2=O)(C(F)(F)F)C2=C1CC(C)(C)CC2=O. The first-order chi connectivity index (χ1) is 17.8. The number of anilines is 1. The molecule has 0 saturated carbocycles. The van der Waals surface area contributed by atoms with Crippen LogP contribution in [0.3, 0.4) is 0 Å². The second-order valence-corrected chi connectivity index (χ2v) is 10.4. The predicted octanol–water partition coefficient (Wildman–Crippen LogP) is 4.97. The third kappa shape index (κ3) is 3.46. The van der Waals surface area contributed by atoms with E-state index < -0.39 is 45.4 Å². The summed E-state index contributed by atoms with van der Waals surface area (Å²) in [5.41, 5.74) is -6.62. The number of aryl methyl sites for hydroxylation is 1. The van der Waals surface area contributed by atoms with Crippen molar-refractivity contribution in [2.75, 3.05) is 12.0 Å². The van der Waals surface area contributed by atoms with E-state index in [0.717, 1.165) is 9.58 Å². The van der Waals surface area contributed by atoms with E-state index in [1.807, 2.05) is 0 Å². The van der Waals surface area contributed by atoms with Crippen molar-refractivity contribution in [3.05, 3.63) is 87.5 Å². The first-order valence-electron chi connectivity index (χ1n) is 12.0. The smallest absolute Gasteiger partial charge is 0.411 e. The third-order valence-corrected chi connectivity index (χ3v) is 7.23. The molecule has 198 valence electrons. The lowest BCUT2D eigenvalue weighted by Gasteiger charge is -2.35. The first-order valence-corrected chi connectivity index (χ1v) is 12.0. The molecule has 2 aromatic carbocycles. The van der Waals surface area contributed by atoms with Gasteiger partial charge in [-0.05, 0) is 43.0 Å². The van der Waals surface area contributed by atoms with Gasteiger partial charge in [0.1, 0.15) is 5.75 Å². The Morgan fingerprint density at radius 3 is 2.21 bits per heavy atom. The number of benzene rings is 2. The van der Waals surface area contributed by atoms with E-state index in [1.54, 1.807) is 56.3 Å². The number of para-hydroxylation sites is 3. The Morgan fingerprint density at radius 1 is 0.947 bits per heavy atom. The number of halogens is 3. The van der Waals surface area contributed by atoms with Crippen LogP contribution in [0.15, 0.2) is 70.7 Å². The molecule has 0 spiro atoms. The molecule has 3 aromatic rings. The fraction of sp³-hybridized carbons (Fsp3) is 0.321. The highest BCUT2D eigenvalue weighted by molar-refractivity contribution is 6.20. The van der Waals surface area contributed by atoms with Crippen LogP contribution in [-0.4, -0.2) is 34.8 Å². The molecule has 0 bridgehead atoms. The molecule has 1 unspecified atom stereocenters. The number of hydrogen-bond acceptors (Lipinski definition) is 4. The molecular formula is C28H26F3N3O4. The molecule has 1 aliphatic heterocycles. The van der Waals surface area contributed by atoms with Crippen LogP contribution in [0.2, 0.25) is 0 Å². The van der Waals surface area contributed by atoms with E-state index in [1.165, 1.54) is 26.2 Å². The molecule has 7 nitrogen and oxygen atoms in total. The molecule has 1 N–H and O–H groups in total. The number of carbonyl (C=O) groups is 2. The average Bonchev–Trinajstić information content (AvgIpc) is 3.28. The van der Waals surface area contributed by atoms with E-state index in [0.29, 0.717) is 5.69 Å². The maximum absolute atomic E-state index is 15.5. The van der Waals surface area contributed by atoms with Crippen LogP contribution in [0.1, 0.15) is 37.9 Å². The van der Waals surface area contributed by atoms with Crippen LogP contribution in [0.4, 0.5) is 18.9 Å². The molecule has 2 aliphatic rings. The Hall–Kier alpha value is -4.08. The molecule has 1 atom stereocenters. The molecule has 0 saturated heterocycles. The van der Waals surface area contributed by atoms with Crippen molar-refractivity contribution in [2.45, 2.75) is 45.2 Å². The van der Waals surface area contributed by atoms with E-state index in [2.05, 4.69) is 5.10 Å². The summed E-state index contributed by atoms with van der Waals surface area (Å²) < 4.78 is 52.9. The third-order valence-electron chi connectivity index (χ3n) is 7.23. The van der Waals surface area contributed by atoms with Crippen LogP contribution in [0, 0.1) is 12.3 Å². The van der Waals surface area contributed by atoms with E-state index in [4.69, 9.17) is 4.74 Å². The minimum Gasteiger partial charge on any atom is -0.495 e. The summed E-state index contributed by atoms with van der Waals surface area (Å²) in [6, 6.07) is 14.3. The summed E-state index contributed by atoms with van der Waals surface area (Å²) in [5, 5.41) is 2.70. The van der Waals surface area contributed by atoms with Gasteiger partial charge in [0.15, 0.2) is 5.78 Å². The van der Waals surface area contributed by atoms with Gasteiger partial charge in [-0.25, -0.2) is 4.68 Å². The van der Waals surface area contributed by atoms with Crippen molar-refractivity contribution in [3.8, 4) is 11.4 Å². The highest BCUT2D eigenvalue weighted by Crippen LogP contribution is 2.59. The van der Waals surface area contributed by atoms with Crippen molar-refractivity contribution in [1.82, 2.24) is 9.78 Å². The zero-order chi connectivity index (χ0) is 27.6. The second-order valence-electron chi connectivity index (χ2n) is 10.4. The number of aromatic amines is 1. The number of ketones is 1. The van der Waals surface area contributed by atoms with Gasteiger partial charge in [0.05, 0.1) is 24.0 Å². The lowest BCUT2D eigenvalue weighted by Crippen LogP contribution is -2.55. The van der Waals surface area contributed by atoms with Crippen molar-refractivity contribution >= 4 is 17.4 Å². The number of hydrogen-bond donors (Lipinski definition) is 1. The molecule has 10 heteroatoms. The van der Waals surface area contributed by atoms with Gasteiger partial charge in [0.25, 0.3) is 11.5 Å². The first kappa shape index (κ1) is 25.6. The molecule has 38 heavy (non-hydrogen) atoms. The number of nitrogens with one attached hydrogen (secondary N) is 1. The normalized spacial score (nSPS) is 21.2. The van der Waals surface area contributed by atoms with Crippen LogP contribution in [0.25, 0.3) is 5.69 Å². The van der Waals surface area contributed by atoms with E-state index in [9.17, 15) is 14.4 Å². The zero-order valence-electron chi connectivity index (χ0n) is 21.3. The highest BCUT2D eigenvalue weighted by Gasteiger charge is 2.73. The Morgan fingerprint density at radius 2 is 1.58 bits per heavy atom. The largest absolute Gasteiger partial charge is 0.495 e. The summed E-state index contributed by atoms with van der Waals surface area (Å²) in [5.74, 6) is -2.08. The molecular weight excluding hydrogens is 499 g/mol. The molecule has 0 fully saturated rings. The quantitative estimate of drug-likeness (QED) is 0.521. The number of Topliss-reactive ketones (excluding diaryl/α,β-unsaturated/α-hetero) is 1. The van der Waals surface area contributed by atoms with E-state index >= 15 is 13.2 Å². The van der Waals surface area contributed by atoms with Crippen molar-refractivity contribution < 1.29 is 27.5 Å². The summed E-state index contributed by atoms with van der Waals surface area (Å²) in [6.45, 7) is 4.83. The molecule has 0 radical (unpaired) electrons. The van der Waals surface area contributed by atoms with Gasteiger partial charge in [-0.3, -0.25) is 24.4 Å². The number of ether oxygens (including phenoxy) is 1. The van der Waals surface area contributed by atoms with Gasteiger partial charge in [-0.15, -0.1) is 0 Å². The van der Waals surface area contributed by atoms with E-state index in [-0.39, 0.29) is 35.7 Å². The number of H-pyrrole nitrogens is 1. The van der Waals surface area contributed by atoms with Gasteiger partial charge >= 0.3 is 6.18 Å². The van der Waals surface area contributed by atoms with Gasteiger partial charge in [0, 0.05) is 23.4 Å². The number of allylic oxidation sites excluding steroid dienone is 1. The molecule has 5 rings (SSSR count). The Kier molecular flexibility index (Phi) is 5.70. The number of amides is 1. The Bertz CT molecular complexity index is 1550. The summed E-state index contributed by atoms with van der Waals surface area (Å²) in [4.78, 5) is 42.6. The van der Waals surface area contributed by atoms with Crippen LogP contribution in [-0.2, 0) is 15.0 Å². The average molecular weight is 526 g/mol. The van der Waals surface area contributed by atoms with Crippen LogP contribution in [0.5, 0.6) is 5.75 Å². The topological polar surface area (TPSA) is 84.4 Å². The summed E-state index contributed by atoms with van der Waals surface area (Å²) in [6.07, 6.45) is -5.49. The number of alkyl halides is 3. The minimum absolute atomic E-state index is 0.0199. The molecule has 1 aromatic heterocycles. The Labute approximate surface area is 216 Å². The van der Waals surface area contributed by atoms with Crippen molar-refractivity contribution in [2.24, 2.45) is 5.41 Å². The second kappa shape index (κ2) is 8.47. The summed E-state index contributed by atoms with van der Waals surface area (Å²) >= 11 is 0. The molecule has 1 aliphatic carbocycles. The maximum Gasteiger partial charge on any atom is 0.411 e. The van der Waals surface area contributed by atoms with Crippen LogP contribution >= 0.6 is 0 Å². The molecule has 2 heterocycles. The standard InChI is InChI=1S/C28H26F3N3O4/c1-16-22(24(36)34(32-16)17-10-6-5-7-11-17)27(28(29,30)31)23-19(14-26(2,3)15-20(23)35)33(25(27)37)18-12-8-9-13-21(18)38-4/h5-13,32H,14-15H2,1-4H3. The minimum atomic E-state index is -5.31. The fourth-order valence-electron chi connectivity index (χ4n) is 5.75. The Balaban J connectivity index is 1.89. The lowest BCUT2D eigenvalue weighted by molar-refractivity contribution is -0.184. The van der Waals surface area contributed by atoms with Gasteiger partial charge in [0.2, 0.25) is 5.41 Å². The zero-order valence-corrected chi connectivity index (χ0v) is 21.3. The number of methoxy groups -OCH3 is 1. The highest BCUT2D eigenvalue weighted by atomic mass is 19.4. The number of aromatic nitrogens is 2. The lowest BCUT2D eigenvalue weighted by atomic mass is 9.66. The monoisotopic (exact) mass is 525 g/mol. The van der Waals surface area contributed by atoms with Gasteiger partial charge in [-0.2, -0.15) is 13.2 Å². The number of rotatable bonds is 4. The van der Waals surface area contributed by atoms with Crippen molar-refractivity contribution in [1.29, 1.82) is 0 Å². The predicted molar refractivity (Wildman–Crippen MR) is 134 cm³/mol.